The van der Waals surface area contributed by atoms with Crippen LogP contribution in [0.3, 0.4) is 0 Å². The van der Waals surface area contributed by atoms with Crippen LogP contribution in [0.15, 0.2) is 26.6 Å². The minimum Gasteiger partial charge on any atom is -0.495 e. The fraction of sp³-hybridized carbons (Fsp3) is 0.400. The zero-order valence-electron chi connectivity index (χ0n) is 12.0. The summed E-state index contributed by atoms with van der Waals surface area (Å²) in [4.78, 5) is 19.9. The van der Waals surface area contributed by atoms with Gasteiger partial charge < -0.3 is 4.74 Å². The summed E-state index contributed by atoms with van der Waals surface area (Å²) in [5, 5.41) is 0. The van der Waals surface area contributed by atoms with E-state index in [1.807, 2.05) is 12.1 Å². The molecule has 0 unspecified atom stereocenters. The van der Waals surface area contributed by atoms with Gasteiger partial charge in [-0.2, -0.15) is 0 Å². The van der Waals surface area contributed by atoms with Gasteiger partial charge in [0.1, 0.15) is 24.3 Å². The highest BCUT2D eigenvalue weighted by Gasteiger charge is 2.24. The van der Waals surface area contributed by atoms with Gasteiger partial charge >= 0.3 is 0 Å². The first-order valence-corrected chi connectivity index (χ1v) is 7.11. The second kappa shape index (κ2) is 5.48. The van der Waals surface area contributed by atoms with Gasteiger partial charge in [-0.1, -0.05) is 20.8 Å². The molecule has 0 saturated heterocycles. The van der Waals surface area contributed by atoms with Gasteiger partial charge in [-0.25, -0.2) is 4.99 Å². The number of rotatable bonds is 2. The largest absolute Gasteiger partial charge is 0.495 e. The molecule has 2 rings (SSSR count). The van der Waals surface area contributed by atoms with E-state index in [2.05, 4.69) is 46.7 Å². The molecule has 0 fully saturated rings. The van der Waals surface area contributed by atoms with Crippen molar-refractivity contribution in [2.24, 2.45) is 9.98 Å². The lowest BCUT2D eigenvalue weighted by molar-refractivity contribution is -0.111. The van der Waals surface area contributed by atoms with Crippen molar-refractivity contribution in [3.8, 4) is 5.75 Å². The highest BCUT2D eigenvalue weighted by molar-refractivity contribution is 9.10. The standard InChI is InChI=1S/C15H17BrN2O2/c1-15(2,3)10-5-9(6-11(16)14(10)20-4)13-12(19)7-17-8-18-13/h5-6,8H,7H2,1-4H3. The maximum absolute atomic E-state index is 11.9. The van der Waals surface area contributed by atoms with Crippen LogP contribution in [-0.4, -0.2) is 31.5 Å². The number of nitrogens with zero attached hydrogens (tertiary/aromatic N) is 2. The monoisotopic (exact) mass is 336 g/mol. The summed E-state index contributed by atoms with van der Waals surface area (Å²) in [5.74, 6) is 0.725. The lowest BCUT2D eigenvalue weighted by atomic mass is 9.84. The van der Waals surface area contributed by atoms with Crippen molar-refractivity contribution in [3.05, 3.63) is 27.7 Å². The van der Waals surface area contributed by atoms with Crippen LogP contribution in [0.4, 0.5) is 0 Å². The summed E-state index contributed by atoms with van der Waals surface area (Å²) < 4.78 is 6.29. The number of aliphatic imine (C=N–C) groups is 2. The number of hydrogen-bond acceptors (Lipinski definition) is 4. The number of methoxy groups -OCH3 is 1. The van der Waals surface area contributed by atoms with Crippen LogP contribution in [0.2, 0.25) is 0 Å². The number of carbonyl (C=O) groups is 1. The number of ketones is 1. The molecule has 4 nitrogen and oxygen atoms in total. The SMILES string of the molecule is COc1c(Br)cc(C2=NC=NCC2=O)cc1C(C)(C)C. The van der Waals surface area contributed by atoms with Gasteiger partial charge in [-0.15, -0.1) is 0 Å². The highest BCUT2D eigenvalue weighted by Crippen LogP contribution is 2.38. The molecule has 0 bridgehead atoms. The van der Waals surface area contributed by atoms with E-state index in [9.17, 15) is 4.79 Å². The molecule has 0 amide bonds. The maximum atomic E-state index is 11.9. The van der Waals surface area contributed by atoms with Crippen LogP contribution < -0.4 is 4.74 Å². The maximum Gasteiger partial charge on any atom is 0.203 e. The van der Waals surface area contributed by atoms with Crippen LogP contribution in [0.5, 0.6) is 5.75 Å². The molecule has 0 saturated carbocycles. The molecule has 0 N–H and O–H groups in total. The fourth-order valence-electron chi connectivity index (χ4n) is 2.10. The predicted molar refractivity (Wildman–Crippen MR) is 84.3 cm³/mol. The van der Waals surface area contributed by atoms with Gasteiger partial charge in [0.05, 0.1) is 11.6 Å². The van der Waals surface area contributed by atoms with E-state index < -0.39 is 0 Å². The quantitative estimate of drug-likeness (QED) is 0.832. The molecule has 0 aliphatic carbocycles. The third-order valence-electron chi connectivity index (χ3n) is 3.10. The molecule has 0 aromatic heterocycles. The number of Topliss-reactive ketones (excluding diaryl/α,β-unsaturated/α-hetero) is 1. The van der Waals surface area contributed by atoms with Crippen molar-refractivity contribution in [3.63, 3.8) is 0 Å². The van der Waals surface area contributed by atoms with E-state index in [0.717, 1.165) is 21.3 Å². The van der Waals surface area contributed by atoms with E-state index in [0.29, 0.717) is 5.71 Å². The van der Waals surface area contributed by atoms with Gasteiger partial charge in [0.15, 0.2) is 0 Å². The lowest BCUT2D eigenvalue weighted by Crippen LogP contribution is -2.23. The minimum absolute atomic E-state index is 0.0653. The molecule has 20 heavy (non-hydrogen) atoms. The molecular weight excluding hydrogens is 320 g/mol. The molecule has 1 aromatic rings. The van der Waals surface area contributed by atoms with Crippen molar-refractivity contribution in [1.29, 1.82) is 0 Å². The van der Waals surface area contributed by atoms with E-state index >= 15 is 0 Å². The molecule has 1 aliphatic rings. The number of halogens is 1. The number of ether oxygens (including phenoxy) is 1. The molecular formula is C15H17BrN2O2. The zero-order valence-corrected chi connectivity index (χ0v) is 13.6. The first kappa shape index (κ1) is 14.9. The van der Waals surface area contributed by atoms with Crippen molar-refractivity contribution in [1.82, 2.24) is 0 Å². The van der Waals surface area contributed by atoms with Crippen LogP contribution in [0.1, 0.15) is 31.9 Å². The van der Waals surface area contributed by atoms with Crippen LogP contribution in [0, 0.1) is 0 Å². The van der Waals surface area contributed by atoms with Crippen LogP contribution in [-0.2, 0) is 10.2 Å². The summed E-state index contributed by atoms with van der Waals surface area (Å²) >= 11 is 3.51. The van der Waals surface area contributed by atoms with Gasteiger partial charge in [-0.05, 0) is 33.5 Å². The topological polar surface area (TPSA) is 51.0 Å². The predicted octanol–water partition coefficient (Wildman–Crippen LogP) is 3.16. The van der Waals surface area contributed by atoms with Crippen LogP contribution in [0.25, 0.3) is 0 Å². The average Bonchev–Trinajstić information content (AvgIpc) is 2.37. The Morgan fingerprint density at radius 1 is 1.30 bits per heavy atom. The fourth-order valence-corrected chi connectivity index (χ4v) is 2.72. The molecule has 106 valence electrons. The Morgan fingerprint density at radius 2 is 2.00 bits per heavy atom. The number of carbonyl (C=O) groups excluding carboxylic acids is 1. The van der Waals surface area contributed by atoms with Gasteiger partial charge in [0.2, 0.25) is 5.78 Å². The van der Waals surface area contributed by atoms with Crippen LogP contribution >= 0.6 is 15.9 Å². The first-order valence-electron chi connectivity index (χ1n) is 6.32. The smallest absolute Gasteiger partial charge is 0.203 e. The minimum atomic E-state index is -0.101. The molecule has 1 heterocycles. The molecule has 5 heteroatoms. The first-order chi connectivity index (χ1) is 9.34. The number of benzene rings is 1. The van der Waals surface area contributed by atoms with Gasteiger partial charge in [0, 0.05) is 11.1 Å². The van der Waals surface area contributed by atoms with Crippen molar-refractivity contribution < 1.29 is 9.53 Å². The summed E-state index contributed by atoms with van der Waals surface area (Å²) in [6, 6.07) is 3.84. The Kier molecular flexibility index (Phi) is 4.09. The van der Waals surface area contributed by atoms with Gasteiger partial charge in [-0.3, -0.25) is 9.79 Å². The Labute approximate surface area is 127 Å². The third kappa shape index (κ3) is 2.82. The lowest BCUT2D eigenvalue weighted by Gasteiger charge is -2.24. The van der Waals surface area contributed by atoms with E-state index in [1.54, 1.807) is 7.11 Å². The highest BCUT2D eigenvalue weighted by atomic mass is 79.9. The normalized spacial score (nSPS) is 15.2. The number of hydrogen-bond donors (Lipinski definition) is 0. The molecule has 0 spiro atoms. The average molecular weight is 337 g/mol. The Hall–Kier alpha value is -1.49. The second-order valence-corrected chi connectivity index (χ2v) is 6.50. The summed E-state index contributed by atoms with van der Waals surface area (Å²) in [5.41, 5.74) is 2.17. The van der Waals surface area contributed by atoms with Crippen molar-refractivity contribution >= 4 is 33.8 Å². The Bertz CT molecular complexity index is 613. The van der Waals surface area contributed by atoms with E-state index in [1.165, 1.54) is 6.34 Å². The summed E-state index contributed by atoms with van der Waals surface area (Å²) in [6.45, 7) is 6.47. The Balaban J connectivity index is 2.63. The van der Waals surface area contributed by atoms with E-state index in [4.69, 9.17) is 4.74 Å². The van der Waals surface area contributed by atoms with Gasteiger partial charge in [0.25, 0.3) is 0 Å². The molecule has 0 radical (unpaired) electrons. The molecule has 0 atom stereocenters. The summed E-state index contributed by atoms with van der Waals surface area (Å²) in [7, 11) is 1.64. The third-order valence-corrected chi connectivity index (χ3v) is 3.69. The van der Waals surface area contributed by atoms with E-state index in [-0.39, 0.29) is 17.7 Å². The molecule has 1 aliphatic heterocycles. The van der Waals surface area contributed by atoms with Crippen molar-refractivity contribution in [2.45, 2.75) is 26.2 Å². The zero-order chi connectivity index (χ0) is 14.9. The summed E-state index contributed by atoms with van der Waals surface area (Å²) in [6.07, 6.45) is 1.44. The Morgan fingerprint density at radius 3 is 2.55 bits per heavy atom. The molecule has 1 aromatic carbocycles. The van der Waals surface area contributed by atoms with Crippen molar-refractivity contribution in [2.75, 3.05) is 13.7 Å². The second-order valence-electron chi connectivity index (χ2n) is 5.65.